The zero-order valence-electron chi connectivity index (χ0n) is 27.8. The van der Waals surface area contributed by atoms with Crippen LogP contribution in [0.4, 0.5) is 0 Å². The van der Waals surface area contributed by atoms with Crippen molar-refractivity contribution in [1.82, 2.24) is 31.1 Å². The molecular weight excluding hydrogens is 698 g/mol. The SMILES string of the molecule is CNC(CCCCNC(=O)CCN1C(=O)C=CC1=O)C(C)=O.CNC(CCCCNC(=O)CCN1C(=O)C=CC1=O)C(C)=O.S=PP=S. The number of amides is 6. The summed E-state index contributed by atoms with van der Waals surface area (Å²) in [7, 11) is 5.24. The summed E-state index contributed by atoms with van der Waals surface area (Å²) in [5.74, 6) is -1.66. The second-order valence-corrected chi connectivity index (χ2v) is 14.8. The van der Waals surface area contributed by atoms with Crippen LogP contribution in [0.2, 0.25) is 0 Å². The van der Waals surface area contributed by atoms with E-state index in [1.807, 2.05) is 0 Å². The minimum absolute atomic E-state index is 0.0999. The van der Waals surface area contributed by atoms with Crippen LogP contribution in [0.15, 0.2) is 24.3 Å². The summed E-state index contributed by atoms with van der Waals surface area (Å²) in [6, 6.07) is -0.259. The molecule has 2 atom stereocenters. The monoisotopic (exact) mass is 744 g/mol. The molecule has 48 heavy (non-hydrogen) atoms. The number of nitrogens with zero attached hydrogens (tertiary/aromatic N) is 2. The molecule has 2 rings (SSSR count). The molecule has 0 aromatic carbocycles. The number of carbonyl (C=O) groups is 8. The molecule has 0 saturated carbocycles. The van der Waals surface area contributed by atoms with E-state index in [1.54, 1.807) is 27.9 Å². The summed E-state index contributed by atoms with van der Waals surface area (Å²) in [6.07, 6.45) is 9.71. The van der Waals surface area contributed by atoms with Gasteiger partial charge in [0.25, 0.3) is 23.6 Å². The van der Waals surface area contributed by atoms with Gasteiger partial charge in [0.15, 0.2) is 0 Å². The van der Waals surface area contributed by atoms with Crippen molar-refractivity contribution in [2.45, 2.75) is 77.3 Å². The smallest absolute Gasteiger partial charge is 0.253 e. The van der Waals surface area contributed by atoms with Crippen LogP contribution in [0.3, 0.4) is 0 Å². The van der Waals surface area contributed by atoms with Crippen LogP contribution in [-0.2, 0) is 62.0 Å². The Morgan fingerprint density at radius 2 is 0.938 bits per heavy atom. The normalized spacial score (nSPS) is 14.8. The molecule has 0 spiro atoms. The van der Waals surface area contributed by atoms with Crippen molar-refractivity contribution in [3.8, 4) is 0 Å². The third-order valence-corrected chi connectivity index (χ3v) is 9.79. The van der Waals surface area contributed by atoms with Gasteiger partial charge in [0, 0.05) is 77.4 Å². The largest absolute Gasteiger partial charge is 0.356 e. The number of nitrogens with one attached hydrogen (secondary N) is 4. The highest BCUT2D eigenvalue weighted by Crippen LogP contribution is 2.10. The lowest BCUT2D eigenvalue weighted by atomic mass is 10.1. The van der Waals surface area contributed by atoms with Crippen LogP contribution in [0, 0.1) is 0 Å². The fourth-order valence-corrected chi connectivity index (χ4v) is 4.41. The highest BCUT2D eigenvalue weighted by molar-refractivity contribution is 8.40. The molecule has 0 radical (unpaired) electrons. The summed E-state index contributed by atoms with van der Waals surface area (Å²) < 4.78 is 0. The second kappa shape index (κ2) is 26.9. The van der Waals surface area contributed by atoms with Crippen LogP contribution in [0.5, 0.6) is 0 Å². The van der Waals surface area contributed by atoms with Gasteiger partial charge < -0.3 is 21.3 Å². The third kappa shape index (κ3) is 19.7. The Morgan fingerprint density at radius 3 is 1.19 bits per heavy atom. The maximum atomic E-state index is 11.6. The number of unbranched alkanes of at least 4 members (excludes halogenated alkanes) is 2. The number of rotatable bonds is 21. The van der Waals surface area contributed by atoms with Gasteiger partial charge in [0.05, 0.1) is 12.1 Å². The molecule has 4 N–H and O–H groups in total. The zero-order valence-corrected chi connectivity index (χ0v) is 31.2. The van der Waals surface area contributed by atoms with E-state index in [4.69, 9.17) is 0 Å². The molecule has 6 amide bonds. The molecule has 2 aliphatic rings. The summed E-state index contributed by atoms with van der Waals surface area (Å²) in [4.78, 5) is 93.0. The molecular formula is C30H46N6O8P2S2. The van der Waals surface area contributed by atoms with Gasteiger partial charge >= 0.3 is 0 Å². The van der Waals surface area contributed by atoms with Gasteiger partial charge in [-0.3, -0.25) is 48.2 Å². The van der Waals surface area contributed by atoms with E-state index >= 15 is 0 Å². The molecule has 0 aromatic heterocycles. The van der Waals surface area contributed by atoms with Crippen LogP contribution in [0.25, 0.3) is 0 Å². The van der Waals surface area contributed by atoms with Crippen LogP contribution in [0.1, 0.15) is 65.2 Å². The van der Waals surface area contributed by atoms with E-state index in [2.05, 4.69) is 44.9 Å². The molecule has 2 heterocycles. The molecule has 18 heteroatoms. The maximum Gasteiger partial charge on any atom is 0.253 e. The second-order valence-electron chi connectivity index (χ2n) is 10.6. The fraction of sp³-hybridized carbons (Fsp3) is 0.600. The van der Waals surface area contributed by atoms with Gasteiger partial charge in [-0.15, -0.1) is 0 Å². The van der Waals surface area contributed by atoms with Gasteiger partial charge in [-0.1, -0.05) is 0 Å². The van der Waals surface area contributed by atoms with E-state index in [1.165, 1.54) is 24.3 Å². The number of ketones is 2. The molecule has 2 aliphatic heterocycles. The lowest BCUT2D eigenvalue weighted by Gasteiger charge is -2.14. The third-order valence-electron chi connectivity index (χ3n) is 7.12. The number of imide groups is 2. The first-order valence-electron chi connectivity index (χ1n) is 15.4. The predicted octanol–water partition coefficient (Wildman–Crippen LogP) is 1.25. The highest BCUT2D eigenvalue weighted by atomic mass is 32.7. The van der Waals surface area contributed by atoms with Crippen LogP contribution < -0.4 is 21.3 Å². The summed E-state index contributed by atoms with van der Waals surface area (Å²) >= 11 is 8.82. The fourth-order valence-electron chi connectivity index (χ4n) is 4.41. The average Bonchev–Trinajstić information content (AvgIpc) is 3.55. The van der Waals surface area contributed by atoms with Gasteiger partial charge in [-0.05, 0) is 90.1 Å². The minimum atomic E-state index is -0.375. The van der Waals surface area contributed by atoms with E-state index < -0.39 is 0 Å². The standard InChI is InChI=1S/2C15H23N3O4.P2S2/c2*1-11(19)12(16-2)5-3-4-9-17-13(20)8-10-18-14(21)6-7-15(18)22;3-1-2-4/h2*6-7,12,16H,3-5,8-10H2,1-2H3,(H,17,20);. The zero-order chi connectivity index (χ0) is 36.5. The van der Waals surface area contributed by atoms with Crippen molar-refractivity contribution < 1.29 is 38.4 Å². The molecule has 14 nitrogen and oxygen atoms in total. The lowest BCUT2D eigenvalue weighted by molar-refractivity contribution is -0.139. The van der Waals surface area contributed by atoms with Crippen molar-refractivity contribution in [1.29, 1.82) is 0 Å². The highest BCUT2D eigenvalue weighted by Gasteiger charge is 2.24. The number of hydrogen-bond donors (Lipinski definition) is 4. The molecule has 2 unspecified atom stereocenters. The maximum absolute atomic E-state index is 11.6. The van der Waals surface area contributed by atoms with Crippen molar-refractivity contribution in [3.63, 3.8) is 0 Å². The van der Waals surface area contributed by atoms with Gasteiger partial charge in [-0.2, -0.15) is 0 Å². The quantitative estimate of drug-likeness (QED) is 0.0749. The minimum Gasteiger partial charge on any atom is -0.356 e. The van der Waals surface area contributed by atoms with Gasteiger partial charge in [-0.25, -0.2) is 0 Å². The first-order valence-corrected chi connectivity index (χ1v) is 20.0. The van der Waals surface area contributed by atoms with Gasteiger partial charge in [0.1, 0.15) is 11.6 Å². The molecule has 266 valence electrons. The Balaban J connectivity index is 0.000000827. The summed E-state index contributed by atoms with van der Waals surface area (Å²) in [5, 5.41) is 11.4. The van der Waals surface area contributed by atoms with Crippen molar-refractivity contribution in [2.75, 3.05) is 40.3 Å². The van der Waals surface area contributed by atoms with Crippen molar-refractivity contribution >= 4 is 84.7 Å². The molecule has 0 aromatic rings. The Bertz CT molecular complexity index is 1110. The molecule has 0 aliphatic carbocycles. The van der Waals surface area contributed by atoms with Crippen molar-refractivity contribution in [2.24, 2.45) is 0 Å². The molecule has 0 fully saturated rings. The Morgan fingerprint density at radius 1 is 0.625 bits per heavy atom. The van der Waals surface area contributed by atoms with Crippen LogP contribution in [-0.4, -0.2) is 109 Å². The summed E-state index contributed by atoms with van der Waals surface area (Å²) in [6.45, 7) is 4.35. The first kappa shape index (κ1) is 45.0. The lowest BCUT2D eigenvalue weighted by Crippen LogP contribution is -2.35. The number of likely N-dealkylation sites (N-methyl/N-ethyl adjacent to an activating group) is 2. The van der Waals surface area contributed by atoms with Gasteiger partial charge in [0.2, 0.25) is 11.8 Å². The molecule has 0 saturated heterocycles. The van der Waals surface area contributed by atoms with Crippen molar-refractivity contribution in [3.05, 3.63) is 24.3 Å². The predicted molar refractivity (Wildman–Crippen MR) is 190 cm³/mol. The number of Topliss-reactive ketones (excluding diaryl/α,β-unsaturated/α-hetero) is 2. The Kier molecular flexibility index (Phi) is 25.2. The molecule has 0 bridgehead atoms. The van der Waals surface area contributed by atoms with E-state index in [0.717, 1.165) is 62.4 Å². The van der Waals surface area contributed by atoms with E-state index in [9.17, 15) is 38.4 Å². The number of carbonyl (C=O) groups excluding carboxylic acids is 8. The Labute approximate surface area is 295 Å². The first-order chi connectivity index (χ1) is 22.8. The van der Waals surface area contributed by atoms with Crippen LogP contribution >= 0.6 is 14.1 Å². The average molecular weight is 745 g/mol. The van der Waals surface area contributed by atoms with E-state index in [0.29, 0.717) is 13.1 Å². The van der Waals surface area contributed by atoms with E-state index in [-0.39, 0.29) is 85.0 Å². The summed E-state index contributed by atoms with van der Waals surface area (Å²) in [5.41, 5.74) is 0. The topological polar surface area (TPSA) is 191 Å². The number of hydrogen-bond acceptors (Lipinski definition) is 12. The Hall–Kier alpha value is -3.00.